The summed E-state index contributed by atoms with van der Waals surface area (Å²) in [6.45, 7) is 2.34. The normalized spacial score (nSPS) is 12.8. The number of carbonyl (C=O) groups excluding carboxylic acids is 1. The zero-order valence-corrected chi connectivity index (χ0v) is 11.7. The number of urea groups is 1. The second-order valence-corrected chi connectivity index (χ2v) is 4.88. The summed E-state index contributed by atoms with van der Waals surface area (Å²) in [4.78, 5) is 11.5. The van der Waals surface area contributed by atoms with Gasteiger partial charge in [0.2, 0.25) is 0 Å². The maximum Gasteiger partial charge on any atom is 0.416 e. The fourth-order valence-electron chi connectivity index (χ4n) is 1.69. The van der Waals surface area contributed by atoms with Crippen molar-refractivity contribution in [3.05, 3.63) is 35.4 Å². The van der Waals surface area contributed by atoms with E-state index in [-0.39, 0.29) is 19.1 Å². The van der Waals surface area contributed by atoms with Gasteiger partial charge < -0.3 is 15.7 Å². The highest BCUT2D eigenvalue weighted by Crippen LogP contribution is 2.29. The van der Waals surface area contributed by atoms with E-state index >= 15 is 0 Å². The van der Waals surface area contributed by atoms with E-state index in [4.69, 9.17) is 5.11 Å². The van der Waals surface area contributed by atoms with Crippen molar-refractivity contribution >= 4 is 6.03 Å². The second kappa shape index (κ2) is 7.87. The average Bonchev–Trinajstić information content (AvgIpc) is 2.42. The van der Waals surface area contributed by atoms with E-state index in [1.807, 2.05) is 6.92 Å². The van der Waals surface area contributed by atoms with E-state index in [1.165, 1.54) is 12.1 Å². The van der Waals surface area contributed by atoms with Crippen LogP contribution in [0.2, 0.25) is 0 Å². The van der Waals surface area contributed by atoms with Crippen molar-refractivity contribution in [3.8, 4) is 0 Å². The van der Waals surface area contributed by atoms with E-state index in [1.54, 1.807) is 0 Å². The molecule has 0 aliphatic rings. The maximum absolute atomic E-state index is 12.5. The van der Waals surface area contributed by atoms with Gasteiger partial charge in [-0.25, -0.2) is 4.79 Å². The molecular weight excluding hydrogens is 285 g/mol. The van der Waals surface area contributed by atoms with Gasteiger partial charge in [0.05, 0.1) is 5.56 Å². The van der Waals surface area contributed by atoms with E-state index < -0.39 is 17.8 Å². The van der Waals surface area contributed by atoms with Crippen molar-refractivity contribution in [1.29, 1.82) is 0 Å². The minimum Gasteiger partial charge on any atom is -0.396 e. The van der Waals surface area contributed by atoms with Crippen LogP contribution >= 0.6 is 0 Å². The van der Waals surface area contributed by atoms with Crippen molar-refractivity contribution in [2.24, 2.45) is 5.92 Å². The molecule has 118 valence electrons. The third-order valence-corrected chi connectivity index (χ3v) is 2.94. The van der Waals surface area contributed by atoms with Gasteiger partial charge in [0.1, 0.15) is 0 Å². The molecule has 2 amide bonds. The highest BCUT2D eigenvalue weighted by Gasteiger charge is 2.30. The number of carbonyl (C=O) groups is 1. The van der Waals surface area contributed by atoms with Crippen LogP contribution in [0.1, 0.15) is 24.5 Å². The maximum atomic E-state index is 12.5. The van der Waals surface area contributed by atoms with Gasteiger partial charge in [0.25, 0.3) is 0 Å². The van der Waals surface area contributed by atoms with Gasteiger partial charge in [-0.2, -0.15) is 13.2 Å². The smallest absolute Gasteiger partial charge is 0.396 e. The second-order valence-electron chi connectivity index (χ2n) is 4.88. The van der Waals surface area contributed by atoms with Gasteiger partial charge in [-0.05, 0) is 30.0 Å². The Morgan fingerprint density at radius 3 is 2.67 bits per heavy atom. The first-order chi connectivity index (χ1) is 9.82. The third kappa shape index (κ3) is 6.48. The van der Waals surface area contributed by atoms with Crippen LogP contribution < -0.4 is 10.6 Å². The van der Waals surface area contributed by atoms with Crippen LogP contribution in [0, 0.1) is 5.92 Å². The molecule has 0 aliphatic carbocycles. The number of aliphatic hydroxyl groups excluding tert-OH is 1. The lowest BCUT2D eigenvalue weighted by molar-refractivity contribution is -0.137. The number of hydrogen-bond acceptors (Lipinski definition) is 2. The van der Waals surface area contributed by atoms with Crippen molar-refractivity contribution in [1.82, 2.24) is 10.6 Å². The molecule has 0 bridgehead atoms. The first kappa shape index (κ1) is 17.3. The summed E-state index contributed by atoms with van der Waals surface area (Å²) in [5, 5.41) is 13.8. The number of rotatable bonds is 6. The van der Waals surface area contributed by atoms with E-state index in [0.717, 1.165) is 12.1 Å². The van der Waals surface area contributed by atoms with Gasteiger partial charge in [-0.1, -0.05) is 19.1 Å². The number of nitrogens with one attached hydrogen (secondary N) is 2. The molecule has 0 heterocycles. The molecule has 3 N–H and O–H groups in total. The highest BCUT2D eigenvalue weighted by molar-refractivity contribution is 5.73. The predicted octanol–water partition coefficient (Wildman–Crippen LogP) is 2.52. The summed E-state index contributed by atoms with van der Waals surface area (Å²) in [5.74, 6) is 0.134. The number of halogens is 3. The molecule has 1 atom stereocenters. The molecule has 7 heteroatoms. The minimum atomic E-state index is -4.39. The molecule has 1 rings (SSSR count). The summed E-state index contributed by atoms with van der Waals surface area (Å²) in [5.41, 5.74) is -0.359. The van der Waals surface area contributed by atoms with Crippen molar-refractivity contribution < 1.29 is 23.1 Å². The van der Waals surface area contributed by atoms with Crippen LogP contribution in [-0.4, -0.2) is 24.3 Å². The lowest BCUT2D eigenvalue weighted by atomic mass is 10.1. The summed E-state index contributed by atoms with van der Waals surface area (Å²) >= 11 is 0. The monoisotopic (exact) mass is 304 g/mol. The average molecular weight is 304 g/mol. The molecule has 0 aromatic heterocycles. The molecule has 0 aliphatic heterocycles. The standard InChI is InChI=1S/C14H19F3N2O2/c1-10(5-6-20)8-18-13(21)19-9-11-3-2-4-12(7-11)14(15,16)17/h2-4,7,10,20H,5-6,8-9H2,1H3,(H2,18,19,21). The van der Waals surface area contributed by atoms with E-state index in [2.05, 4.69) is 10.6 Å². The fraction of sp³-hybridized carbons (Fsp3) is 0.500. The molecule has 1 aromatic rings. The van der Waals surface area contributed by atoms with Crippen LogP contribution in [0.3, 0.4) is 0 Å². The minimum absolute atomic E-state index is 0.0180. The lowest BCUT2D eigenvalue weighted by Gasteiger charge is -2.13. The van der Waals surface area contributed by atoms with Gasteiger partial charge in [-0.3, -0.25) is 0 Å². The summed E-state index contributed by atoms with van der Waals surface area (Å²) < 4.78 is 37.6. The summed E-state index contributed by atoms with van der Waals surface area (Å²) in [6, 6.07) is 4.37. The van der Waals surface area contributed by atoms with Crippen LogP contribution in [0.15, 0.2) is 24.3 Å². The molecule has 1 aromatic carbocycles. The Bertz CT molecular complexity index is 464. The first-order valence-electron chi connectivity index (χ1n) is 6.61. The number of aliphatic hydroxyl groups is 1. The Balaban J connectivity index is 2.43. The predicted molar refractivity (Wildman–Crippen MR) is 72.5 cm³/mol. The van der Waals surface area contributed by atoms with Gasteiger partial charge in [0, 0.05) is 19.7 Å². The van der Waals surface area contributed by atoms with Crippen molar-refractivity contribution in [2.45, 2.75) is 26.1 Å². The Morgan fingerprint density at radius 2 is 2.05 bits per heavy atom. The topological polar surface area (TPSA) is 61.4 Å². The molecule has 0 saturated heterocycles. The molecule has 0 fully saturated rings. The molecular formula is C14H19F3N2O2. The van der Waals surface area contributed by atoms with Gasteiger partial charge in [-0.15, -0.1) is 0 Å². The number of hydrogen-bond donors (Lipinski definition) is 3. The zero-order valence-electron chi connectivity index (χ0n) is 11.7. The first-order valence-corrected chi connectivity index (χ1v) is 6.61. The Morgan fingerprint density at radius 1 is 1.33 bits per heavy atom. The van der Waals surface area contributed by atoms with Crippen molar-refractivity contribution in [2.75, 3.05) is 13.2 Å². The molecule has 0 spiro atoms. The summed E-state index contributed by atoms with van der Waals surface area (Å²) in [6.07, 6.45) is -3.81. The van der Waals surface area contributed by atoms with Crippen LogP contribution in [-0.2, 0) is 12.7 Å². The highest BCUT2D eigenvalue weighted by atomic mass is 19.4. The van der Waals surface area contributed by atoms with Gasteiger partial charge >= 0.3 is 12.2 Å². The third-order valence-electron chi connectivity index (χ3n) is 2.94. The molecule has 4 nitrogen and oxygen atoms in total. The zero-order chi connectivity index (χ0) is 15.9. The largest absolute Gasteiger partial charge is 0.416 e. The molecule has 0 saturated carbocycles. The van der Waals surface area contributed by atoms with Crippen LogP contribution in [0.25, 0.3) is 0 Å². The van der Waals surface area contributed by atoms with Gasteiger partial charge in [0.15, 0.2) is 0 Å². The fourth-order valence-corrected chi connectivity index (χ4v) is 1.69. The summed E-state index contributed by atoms with van der Waals surface area (Å²) in [7, 11) is 0. The number of benzene rings is 1. The lowest BCUT2D eigenvalue weighted by Crippen LogP contribution is -2.37. The molecule has 0 radical (unpaired) electrons. The quantitative estimate of drug-likeness (QED) is 0.756. The van der Waals surface area contributed by atoms with E-state index in [9.17, 15) is 18.0 Å². The van der Waals surface area contributed by atoms with Crippen LogP contribution in [0.4, 0.5) is 18.0 Å². The Hall–Kier alpha value is -1.76. The Labute approximate surface area is 121 Å². The number of amides is 2. The van der Waals surface area contributed by atoms with E-state index in [0.29, 0.717) is 18.5 Å². The Kier molecular flexibility index (Phi) is 6.48. The van der Waals surface area contributed by atoms with Crippen molar-refractivity contribution in [3.63, 3.8) is 0 Å². The number of alkyl halides is 3. The van der Waals surface area contributed by atoms with Crippen LogP contribution in [0.5, 0.6) is 0 Å². The SMILES string of the molecule is CC(CCO)CNC(=O)NCc1cccc(C(F)(F)F)c1. The molecule has 1 unspecified atom stereocenters. The molecule has 21 heavy (non-hydrogen) atoms.